The van der Waals surface area contributed by atoms with E-state index in [1.54, 1.807) is 36.7 Å². The fourth-order valence-corrected chi connectivity index (χ4v) is 0.818. The van der Waals surface area contributed by atoms with E-state index in [2.05, 4.69) is 10.2 Å². The van der Waals surface area contributed by atoms with E-state index in [4.69, 9.17) is 5.73 Å². The third-order valence-electron chi connectivity index (χ3n) is 1.46. The predicted octanol–water partition coefficient (Wildman–Crippen LogP) is 1.20. The highest BCUT2D eigenvalue weighted by molar-refractivity contribution is 5.92. The Bertz CT molecular complexity index is 339. The molecule has 1 amide bonds. The zero-order valence-corrected chi connectivity index (χ0v) is 7.55. The van der Waals surface area contributed by atoms with Crippen LogP contribution in [0.1, 0.15) is 10.4 Å². The maximum Gasteiger partial charge on any atom is 0.248 e. The van der Waals surface area contributed by atoms with E-state index in [0.717, 1.165) is 0 Å². The summed E-state index contributed by atoms with van der Waals surface area (Å²) in [6, 6.07) is 10.6. The summed E-state index contributed by atoms with van der Waals surface area (Å²) >= 11 is 0. The minimum Gasteiger partial charge on any atom is -0.366 e. The number of nitrogens with zero attached hydrogens (tertiary/aromatic N) is 1. The number of aromatic nitrogens is 2. The van der Waals surface area contributed by atoms with Crippen LogP contribution in [-0.4, -0.2) is 16.1 Å². The summed E-state index contributed by atoms with van der Waals surface area (Å²) in [5, 5.41) is 6.21. The van der Waals surface area contributed by atoms with Crippen molar-refractivity contribution in [2.75, 3.05) is 0 Å². The lowest BCUT2D eigenvalue weighted by molar-refractivity contribution is 0.100. The zero-order valence-electron chi connectivity index (χ0n) is 7.55. The summed E-state index contributed by atoms with van der Waals surface area (Å²) in [6.45, 7) is 0. The molecule has 4 heteroatoms. The van der Waals surface area contributed by atoms with Gasteiger partial charge in [-0.1, -0.05) is 18.2 Å². The van der Waals surface area contributed by atoms with Gasteiger partial charge in [0.25, 0.3) is 0 Å². The minimum absolute atomic E-state index is 0.379. The SMILES string of the molecule is NC(=O)c1ccccc1.c1cn[nH]c1. The molecule has 0 radical (unpaired) electrons. The predicted molar refractivity (Wildman–Crippen MR) is 53.5 cm³/mol. The van der Waals surface area contributed by atoms with Gasteiger partial charge in [-0.25, -0.2) is 0 Å². The van der Waals surface area contributed by atoms with Crippen LogP contribution in [0.3, 0.4) is 0 Å². The molecule has 1 aromatic carbocycles. The molecule has 1 aromatic heterocycles. The van der Waals surface area contributed by atoms with Crippen molar-refractivity contribution in [3.8, 4) is 0 Å². The highest BCUT2D eigenvalue weighted by atomic mass is 16.1. The van der Waals surface area contributed by atoms with Gasteiger partial charge in [0.05, 0.1) is 0 Å². The standard InChI is InChI=1S/C7H7NO.C3H4N2/c8-7(9)6-4-2-1-3-5-6;1-2-4-5-3-1/h1-5H,(H2,8,9);1-3H,(H,4,5). The Kier molecular flexibility index (Phi) is 3.94. The highest BCUT2D eigenvalue weighted by Crippen LogP contribution is 1.94. The lowest BCUT2D eigenvalue weighted by Gasteiger charge is -1.89. The van der Waals surface area contributed by atoms with Gasteiger partial charge in [-0.15, -0.1) is 0 Å². The van der Waals surface area contributed by atoms with Crippen LogP contribution in [0.4, 0.5) is 0 Å². The molecule has 0 aliphatic heterocycles. The van der Waals surface area contributed by atoms with Gasteiger partial charge >= 0.3 is 0 Å². The number of carbonyl (C=O) groups is 1. The average molecular weight is 189 g/mol. The van der Waals surface area contributed by atoms with Crippen molar-refractivity contribution in [1.82, 2.24) is 10.2 Å². The molecule has 2 rings (SSSR count). The number of rotatable bonds is 1. The van der Waals surface area contributed by atoms with E-state index in [-0.39, 0.29) is 5.91 Å². The van der Waals surface area contributed by atoms with Crippen LogP contribution in [0, 0.1) is 0 Å². The first-order valence-corrected chi connectivity index (χ1v) is 4.09. The van der Waals surface area contributed by atoms with E-state index in [1.807, 2.05) is 12.1 Å². The van der Waals surface area contributed by atoms with Gasteiger partial charge in [-0.3, -0.25) is 9.89 Å². The molecule has 0 atom stereocenters. The van der Waals surface area contributed by atoms with Crippen LogP contribution in [0.25, 0.3) is 0 Å². The second kappa shape index (κ2) is 5.53. The molecule has 14 heavy (non-hydrogen) atoms. The lowest BCUT2D eigenvalue weighted by Crippen LogP contribution is -2.09. The number of nitrogens with one attached hydrogen (secondary N) is 1. The van der Waals surface area contributed by atoms with E-state index >= 15 is 0 Å². The lowest BCUT2D eigenvalue weighted by atomic mass is 10.2. The minimum atomic E-state index is -0.379. The quantitative estimate of drug-likeness (QED) is 0.707. The van der Waals surface area contributed by atoms with Crippen LogP contribution in [0.2, 0.25) is 0 Å². The van der Waals surface area contributed by atoms with Gasteiger partial charge in [-0.2, -0.15) is 5.10 Å². The normalized spacial score (nSPS) is 8.57. The van der Waals surface area contributed by atoms with Crippen molar-refractivity contribution >= 4 is 5.91 Å². The molecular weight excluding hydrogens is 178 g/mol. The number of nitrogens with two attached hydrogens (primary N) is 1. The maximum atomic E-state index is 10.4. The molecular formula is C10H11N3O. The van der Waals surface area contributed by atoms with Crippen LogP contribution >= 0.6 is 0 Å². The first-order valence-electron chi connectivity index (χ1n) is 4.09. The molecule has 0 spiro atoms. The first kappa shape index (κ1) is 9.98. The van der Waals surface area contributed by atoms with Crippen molar-refractivity contribution in [1.29, 1.82) is 0 Å². The number of primary amides is 1. The Hall–Kier alpha value is -2.10. The second-order valence-corrected chi connectivity index (χ2v) is 2.50. The number of aromatic amines is 1. The smallest absolute Gasteiger partial charge is 0.248 e. The molecule has 72 valence electrons. The number of hydrogen-bond donors (Lipinski definition) is 2. The van der Waals surface area contributed by atoms with E-state index in [9.17, 15) is 4.79 Å². The summed E-state index contributed by atoms with van der Waals surface area (Å²) in [5.41, 5.74) is 5.53. The van der Waals surface area contributed by atoms with Gasteiger partial charge in [0.15, 0.2) is 0 Å². The topological polar surface area (TPSA) is 71.8 Å². The molecule has 4 nitrogen and oxygen atoms in total. The van der Waals surface area contributed by atoms with Gasteiger partial charge in [0.1, 0.15) is 0 Å². The number of hydrogen-bond acceptors (Lipinski definition) is 2. The number of benzene rings is 1. The molecule has 0 saturated carbocycles. The molecule has 0 aliphatic carbocycles. The van der Waals surface area contributed by atoms with Crippen molar-refractivity contribution in [3.05, 3.63) is 54.4 Å². The highest BCUT2D eigenvalue weighted by Gasteiger charge is 1.93. The first-order chi connectivity index (χ1) is 6.80. The number of carbonyl (C=O) groups excluding carboxylic acids is 1. The number of H-pyrrole nitrogens is 1. The van der Waals surface area contributed by atoms with E-state index < -0.39 is 0 Å². The van der Waals surface area contributed by atoms with Crippen molar-refractivity contribution in [2.45, 2.75) is 0 Å². The molecule has 2 aromatic rings. The Morgan fingerprint density at radius 1 is 1.21 bits per heavy atom. The summed E-state index contributed by atoms with van der Waals surface area (Å²) < 4.78 is 0. The molecule has 1 heterocycles. The van der Waals surface area contributed by atoms with Crippen LogP contribution in [-0.2, 0) is 0 Å². The fourth-order valence-electron chi connectivity index (χ4n) is 0.818. The van der Waals surface area contributed by atoms with Crippen molar-refractivity contribution < 1.29 is 4.79 Å². The summed E-state index contributed by atoms with van der Waals surface area (Å²) in [6.07, 6.45) is 3.46. The molecule has 0 saturated heterocycles. The van der Waals surface area contributed by atoms with Crippen molar-refractivity contribution in [2.24, 2.45) is 5.73 Å². The molecule has 0 bridgehead atoms. The van der Waals surface area contributed by atoms with Crippen LogP contribution in [0.5, 0.6) is 0 Å². The second-order valence-electron chi connectivity index (χ2n) is 2.50. The van der Waals surface area contributed by atoms with Crippen LogP contribution in [0.15, 0.2) is 48.8 Å². The largest absolute Gasteiger partial charge is 0.366 e. The monoisotopic (exact) mass is 189 g/mol. The molecule has 0 fully saturated rings. The summed E-state index contributed by atoms with van der Waals surface area (Å²) in [4.78, 5) is 10.4. The molecule has 0 unspecified atom stereocenters. The Balaban J connectivity index is 0.000000165. The fraction of sp³-hybridized carbons (Fsp3) is 0. The summed E-state index contributed by atoms with van der Waals surface area (Å²) in [7, 11) is 0. The van der Waals surface area contributed by atoms with Gasteiger partial charge in [-0.05, 0) is 18.2 Å². The Morgan fingerprint density at radius 2 is 1.93 bits per heavy atom. The molecule has 0 aliphatic rings. The Labute approximate surface area is 81.8 Å². The third kappa shape index (κ3) is 3.53. The Morgan fingerprint density at radius 3 is 2.21 bits per heavy atom. The maximum absolute atomic E-state index is 10.4. The van der Waals surface area contributed by atoms with Gasteiger partial charge in [0.2, 0.25) is 5.91 Å². The molecule has 3 N–H and O–H groups in total. The zero-order chi connectivity index (χ0) is 10.2. The average Bonchev–Trinajstić information content (AvgIpc) is 2.77. The third-order valence-corrected chi connectivity index (χ3v) is 1.46. The van der Waals surface area contributed by atoms with Crippen LogP contribution < -0.4 is 5.73 Å². The van der Waals surface area contributed by atoms with Gasteiger partial charge < -0.3 is 5.73 Å². The van der Waals surface area contributed by atoms with E-state index in [0.29, 0.717) is 5.56 Å². The number of amides is 1. The van der Waals surface area contributed by atoms with Crippen molar-refractivity contribution in [3.63, 3.8) is 0 Å². The van der Waals surface area contributed by atoms with E-state index in [1.165, 1.54) is 0 Å². The summed E-state index contributed by atoms with van der Waals surface area (Å²) in [5.74, 6) is -0.379. The van der Waals surface area contributed by atoms with Gasteiger partial charge in [0, 0.05) is 18.0 Å².